The van der Waals surface area contributed by atoms with Crippen molar-refractivity contribution < 1.29 is 4.79 Å². The van der Waals surface area contributed by atoms with Crippen LogP contribution in [0.25, 0.3) is 0 Å². The van der Waals surface area contributed by atoms with E-state index in [0.29, 0.717) is 12.6 Å². The predicted molar refractivity (Wildman–Crippen MR) is 91.2 cm³/mol. The molecule has 0 atom stereocenters. The van der Waals surface area contributed by atoms with Gasteiger partial charge < -0.3 is 4.90 Å². The fraction of sp³-hybridized carbons (Fsp3) is 0.235. The van der Waals surface area contributed by atoms with Gasteiger partial charge in [0.15, 0.2) is 0 Å². The fourth-order valence-electron chi connectivity index (χ4n) is 2.37. The average molecular weight is 409 g/mol. The molecule has 0 heterocycles. The van der Waals surface area contributed by atoms with Crippen LogP contribution in [0.4, 0.5) is 0 Å². The van der Waals surface area contributed by atoms with Crippen LogP contribution in [-0.2, 0) is 6.54 Å². The summed E-state index contributed by atoms with van der Waals surface area (Å²) >= 11 is 6.92. The molecule has 1 amide bonds. The lowest BCUT2D eigenvalue weighted by Crippen LogP contribution is -2.32. The zero-order valence-corrected chi connectivity index (χ0v) is 14.6. The third kappa shape index (κ3) is 3.74. The largest absolute Gasteiger partial charge is 0.331 e. The normalized spacial score (nSPS) is 14.0. The highest BCUT2D eigenvalue weighted by Crippen LogP contribution is 2.30. The van der Waals surface area contributed by atoms with Crippen LogP contribution in [0.2, 0.25) is 0 Å². The van der Waals surface area contributed by atoms with Gasteiger partial charge in [0, 0.05) is 27.1 Å². The van der Waals surface area contributed by atoms with Crippen molar-refractivity contribution >= 4 is 37.8 Å². The van der Waals surface area contributed by atoms with Gasteiger partial charge in [-0.2, -0.15) is 0 Å². The summed E-state index contributed by atoms with van der Waals surface area (Å²) in [6, 6.07) is 16.1. The molecular weight excluding hydrogens is 394 g/mol. The minimum absolute atomic E-state index is 0.110. The Hall–Kier alpha value is -1.13. The molecule has 0 spiro atoms. The van der Waals surface area contributed by atoms with Crippen LogP contribution in [0, 0.1) is 0 Å². The standard InChI is InChI=1S/C17H15Br2NO/c18-14-5-1-3-12(9-14)11-20(16-7-8-16)17(21)13-4-2-6-15(19)10-13/h1-6,9-10,16H,7-8,11H2. The Morgan fingerprint density at radius 1 is 1.05 bits per heavy atom. The van der Waals surface area contributed by atoms with Crippen molar-refractivity contribution in [2.45, 2.75) is 25.4 Å². The summed E-state index contributed by atoms with van der Waals surface area (Å²) in [5.41, 5.74) is 1.89. The maximum atomic E-state index is 12.8. The SMILES string of the molecule is O=C(c1cccc(Br)c1)N(Cc1cccc(Br)c1)C1CC1. The van der Waals surface area contributed by atoms with E-state index in [2.05, 4.69) is 44.0 Å². The van der Waals surface area contributed by atoms with Gasteiger partial charge in [-0.25, -0.2) is 0 Å². The van der Waals surface area contributed by atoms with Crippen LogP contribution in [0.3, 0.4) is 0 Å². The molecule has 0 bridgehead atoms. The van der Waals surface area contributed by atoms with Crippen molar-refractivity contribution in [2.75, 3.05) is 0 Å². The Balaban J connectivity index is 1.83. The number of rotatable bonds is 4. The van der Waals surface area contributed by atoms with Crippen LogP contribution in [0.5, 0.6) is 0 Å². The highest BCUT2D eigenvalue weighted by Gasteiger charge is 2.33. The zero-order chi connectivity index (χ0) is 14.8. The number of nitrogens with zero attached hydrogens (tertiary/aromatic N) is 1. The molecule has 0 N–H and O–H groups in total. The summed E-state index contributed by atoms with van der Waals surface area (Å²) in [7, 11) is 0. The first-order valence-electron chi connectivity index (χ1n) is 6.94. The van der Waals surface area contributed by atoms with E-state index in [1.165, 1.54) is 0 Å². The first-order chi connectivity index (χ1) is 10.1. The number of halogens is 2. The highest BCUT2D eigenvalue weighted by molar-refractivity contribution is 9.10. The van der Waals surface area contributed by atoms with Crippen molar-refractivity contribution in [1.82, 2.24) is 4.90 Å². The van der Waals surface area contributed by atoms with Crippen LogP contribution >= 0.6 is 31.9 Å². The number of carbonyl (C=O) groups excluding carboxylic acids is 1. The second-order valence-corrected chi connectivity index (χ2v) is 7.14. The van der Waals surface area contributed by atoms with Crippen molar-refractivity contribution in [2.24, 2.45) is 0 Å². The minimum Gasteiger partial charge on any atom is -0.331 e. The number of carbonyl (C=O) groups is 1. The van der Waals surface area contributed by atoms with Gasteiger partial charge in [0.1, 0.15) is 0 Å². The summed E-state index contributed by atoms with van der Waals surface area (Å²) in [6.07, 6.45) is 2.21. The van der Waals surface area contributed by atoms with Crippen molar-refractivity contribution in [3.05, 3.63) is 68.6 Å². The number of hydrogen-bond donors (Lipinski definition) is 0. The molecule has 108 valence electrons. The Morgan fingerprint density at radius 2 is 1.71 bits per heavy atom. The summed E-state index contributed by atoms with van der Waals surface area (Å²) in [5.74, 6) is 0.110. The van der Waals surface area contributed by atoms with Gasteiger partial charge in [-0.05, 0) is 48.7 Å². The van der Waals surface area contributed by atoms with Crippen LogP contribution in [0.1, 0.15) is 28.8 Å². The van der Waals surface area contributed by atoms with E-state index in [-0.39, 0.29) is 5.91 Å². The second kappa shape index (κ2) is 6.32. The Labute approximate surface area is 141 Å². The molecule has 1 saturated carbocycles. The Morgan fingerprint density at radius 3 is 2.33 bits per heavy atom. The molecule has 1 aliphatic rings. The molecular formula is C17H15Br2NO. The maximum Gasteiger partial charge on any atom is 0.254 e. The van der Waals surface area contributed by atoms with Crippen molar-refractivity contribution in [3.63, 3.8) is 0 Å². The predicted octanol–water partition coefficient (Wildman–Crippen LogP) is 5.02. The third-order valence-electron chi connectivity index (χ3n) is 3.56. The quantitative estimate of drug-likeness (QED) is 0.695. The number of hydrogen-bond acceptors (Lipinski definition) is 1. The lowest BCUT2D eigenvalue weighted by atomic mass is 10.1. The van der Waals surface area contributed by atoms with Crippen molar-refractivity contribution in [3.8, 4) is 0 Å². The van der Waals surface area contributed by atoms with Gasteiger partial charge in [0.05, 0.1) is 0 Å². The smallest absolute Gasteiger partial charge is 0.254 e. The summed E-state index contributed by atoms with van der Waals surface area (Å²) < 4.78 is 1.98. The van der Waals surface area contributed by atoms with E-state index in [9.17, 15) is 4.79 Å². The highest BCUT2D eigenvalue weighted by atomic mass is 79.9. The molecule has 1 aliphatic carbocycles. The fourth-order valence-corrected chi connectivity index (χ4v) is 3.22. The first kappa shape index (κ1) is 14.8. The maximum absolute atomic E-state index is 12.8. The lowest BCUT2D eigenvalue weighted by Gasteiger charge is -2.23. The summed E-state index contributed by atoms with van der Waals surface area (Å²) in [6.45, 7) is 0.662. The molecule has 2 aromatic carbocycles. The molecule has 2 nitrogen and oxygen atoms in total. The van der Waals surface area contributed by atoms with Gasteiger partial charge in [0.2, 0.25) is 0 Å². The molecule has 0 saturated heterocycles. The molecule has 0 unspecified atom stereocenters. The molecule has 0 aromatic heterocycles. The average Bonchev–Trinajstić information content (AvgIpc) is 3.29. The molecule has 0 aliphatic heterocycles. The van der Waals surface area contributed by atoms with E-state index >= 15 is 0 Å². The molecule has 3 rings (SSSR count). The van der Waals surface area contributed by atoms with E-state index in [1.54, 1.807) is 0 Å². The second-order valence-electron chi connectivity index (χ2n) is 5.30. The Bertz CT molecular complexity index is 667. The Kier molecular flexibility index (Phi) is 4.45. The monoisotopic (exact) mass is 407 g/mol. The van der Waals surface area contributed by atoms with Crippen LogP contribution in [-0.4, -0.2) is 16.8 Å². The van der Waals surface area contributed by atoms with Gasteiger partial charge >= 0.3 is 0 Å². The molecule has 2 aromatic rings. The molecule has 4 heteroatoms. The van der Waals surface area contributed by atoms with E-state index in [4.69, 9.17) is 0 Å². The summed E-state index contributed by atoms with van der Waals surface area (Å²) in [5, 5.41) is 0. The number of amides is 1. The van der Waals surface area contributed by atoms with E-state index < -0.39 is 0 Å². The third-order valence-corrected chi connectivity index (χ3v) is 4.55. The van der Waals surface area contributed by atoms with Crippen LogP contribution in [0.15, 0.2) is 57.5 Å². The van der Waals surface area contributed by atoms with Gasteiger partial charge in [-0.15, -0.1) is 0 Å². The van der Waals surface area contributed by atoms with E-state index in [0.717, 1.165) is 32.9 Å². The topological polar surface area (TPSA) is 20.3 Å². The van der Waals surface area contributed by atoms with Gasteiger partial charge in [0.25, 0.3) is 5.91 Å². The minimum atomic E-state index is 0.110. The van der Waals surface area contributed by atoms with Crippen LogP contribution < -0.4 is 0 Å². The number of benzene rings is 2. The van der Waals surface area contributed by atoms with Crippen molar-refractivity contribution in [1.29, 1.82) is 0 Å². The first-order valence-corrected chi connectivity index (χ1v) is 8.53. The zero-order valence-electron chi connectivity index (χ0n) is 11.4. The molecule has 0 radical (unpaired) electrons. The molecule has 1 fully saturated rings. The van der Waals surface area contributed by atoms with Gasteiger partial charge in [-0.3, -0.25) is 4.79 Å². The summed E-state index contributed by atoms with van der Waals surface area (Å²) in [4.78, 5) is 14.8. The molecule has 21 heavy (non-hydrogen) atoms. The van der Waals surface area contributed by atoms with E-state index in [1.807, 2.05) is 41.3 Å². The lowest BCUT2D eigenvalue weighted by molar-refractivity contribution is 0.0730. The van der Waals surface area contributed by atoms with Gasteiger partial charge in [-0.1, -0.05) is 50.1 Å².